The summed E-state index contributed by atoms with van der Waals surface area (Å²) in [6.45, 7) is 5.21. The van der Waals surface area contributed by atoms with Gasteiger partial charge in [-0.25, -0.2) is 17.1 Å². The second-order valence-electron chi connectivity index (χ2n) is 9.16. The van der Waals surface area contributed by atoms with Gasteiger partial charge >= 0.3 is 5.97 Å². The van der Waals surface area contributed by atoms with Crippen LogP contribution in [0.2, 0.25) is 0 Å². The number of sulfonamides is 1. The van der Waals surface area contributed by atoms with E-state index in [9.17, 15) is 22.7 Å². The summed E-state index contributed by atoms with van der Waals surface area (Å²) >= 11 is 0. The van der Waals surface area contributed by atoms with Gasteiger partial charge in [-0.1, -0.05) is 26.0 Å². The lowest BCUT2D eigenvalue weighted by molar-refractivity contribution is -0.149. The maximum atomic E-state index is 13.8. The predicted molar refractivity (Wildman–Crippen MR) is 145 cm³/mol. The van der Waals surface area contributed by atoms with Crippen molar-refractivity contribution in [3.05, 3.63) is 59.4 Å². The fourth-order valence-electron chi connectivity index (χ4n) is 4.03. The molecule has 0 amide bonds. The van der Waals surface area contributed by atoms with E-state index >= 15 is 0 Å². The number of nitrogens with two attached hydrogens (primary N) is 1. The molecule has 0 saturated carbocycles. The molecule has 0 aliphatic heterocycles. The molecule has 2 rings (SSSR count). The molecule has 2 aromatic rings. The van der Waals surface area contributed by atoms with Crippen molar-refractivity contribution < 1.29 is 32.2 Å². The van der Waals surface area contributed by atoms with Crippen molar-refractivity contribution >= 4 is 16.0 Å². The molecule has 2 aromatic carbocycles. The molecule has 9 nitrogen and oxygen atoms in total. The molecule has 0 saturated heterocycles. The Labute approximate surface area is 225 Å². The number of rotatable bonds is 17. The number of phenols is 1. The number of carbonyl (C=O) groups is 1. The number of esters is 1. The molecule has 2 atom stereocenters. The van der Waals surface area contributed by atoms with Crippen molar-refractivity contribution in [2.75, 3.05) is 32.5 Å². The maximum Gasteiger partial charge on any atom is 0.307 e. The van der Waals surface area contributed by atoms with Crippen molar-refractivity contribution in [1.29, 1.82) is 0 Å². The van der Waals surface area contributed by atoms with Crippen molar-refractivity contribution in [3.8, 4) is 11.5 Å². The number of hydrogen-bond acceptors (Lipinski definition) is 8. The van der Waals surface area contributed by atoms with Crippen molar-refractivity contribution in [2.45, 2.75) is 58.2 Å². The third kappa shape index (κ3) is 10.6. The normalized spacial score (nSPS) is 13.3. The van der Waals surface area contributed by atoms with E-state index in [1.54, 1.807) is 7.11 Å². The number of methoxy groups -OCH3 is 1. The number of nitrogens with zero attached hydrogens (tertiary/aromatic N) is 1. The predicted octanol–water partition coefficient (Wildman–Crippen LogP) is 2.95. The van der Waals surface area contributed by atoms with E-state index in [2.05, 4.69) is 5.32 Å². The van der Waals surface area contributed by atoms with Gasteiger partial charge in [-0.3, -0.25) is 4.79 Å². The van der Waals surface area contributed by atoms with Gasteiger partial charge in [0.1, 0.15) is 23.4 Å². The number of hydrogen-bond donors (Lipinski definition) is 3. The molecule has 0 heterocycles. The van der Waals surface area contributed by atoms with Gasteiger partial charge in [0, 0.05) is 38.3 Å². The first kappa shape index (κ1) is 31.5. The highest BCUT2D eigenvalue weighted by Crippen LogP contribution is 2.18. The lowest BCUT2D eigenvalue weighted by atomic mass is 10.0. The Hall–Kier alpha value is -2.73. The Balaban J connectivity index is 2.08. The minimum atomic E-state index is -3.61. The number of halogens is 1. The Bertz CT molecular complexity index is 1110. The Morgan fingerprint density at radius 1 is 1.13 bits per heavy atom. The highest BCUT2D eigenvalue weighted by molar-refractivity contribution is 7.89. The maximum absolute atomic E-state index is 13.8. The topological polar surface area (TPSA) is 131 Å². The number of phenolic OH excluding ortho intramolecular Hbond substituents is 1. The highest BCUT2D eigenvalue weighted by Gasteiger charge is 2.26. The quantitative estimate of drug-likeness (QED) is 0.255. The van der Waals surface area contributed by atoms with Gasteiger partial charge in [-0.15, -0.1) is 0 Å². The summed E-state index contributed by atoms with van der Waals surface area (Å²) in [6.07, 6.45) is 0.336. The van der Waals surface area contributed by atoms with Crippen LogP contribution in [0.15, 0.2) is 42.5 Å². The second-order valence-corrected chi connectivity index (χ2v) is 11.2. The van der Waals surface area contributed by atoms with Crippen molar-refractivity contribution in [2.24, 2.45) is 5.73 Å². The molecule has 4 N–H and O–H groups in total. The molecule has 0 aromatic heterocycles. The zero-order valence-corrected chi connectivity index (χ0v) is 23.2. The fraction of sp³-hybridized carbons (Fsp3) is 0.519. The molecule has 38 heavy (non-hydrogen) atoms. The zero-order valence-electron chi connectivity index (χ0n) is 22.4. The van der Waals surface area contributed by atoms with Crippen LogP contribution in [0.4, 0.5) is 4.39 Å². The van der Waals surface area contributed by atoms with E-state index in [4.69, 9.17) is 15.2 Å². The molecule has 0 unspecified atom stereocenters. The van der Waals surface area contributed by atoms with Gasteiger partial charge in [0.2, 0.25) is 10.0 Å². The first-order valence-corrected chi connectivity index (χ1v) is 14.4. The summed E-state index contributed by atoms with van der Waals surface area (Å²) < 4.78 is 51.5. The zero-order chi connectivity index (χ0) is 28.1. The van der Waals surface area contributed by atoms with Crippen molar-refractivity contribution in [3.63, 3.8) is 0 Å². The van der Waals surface area contributed by atoms with Gasteiger partial charge in [0.05, 0.1) is 19.3 Å². The fourth-order valence-corrected chi connectivity index (χ4v) is 5.64. The monoisotopic (exact) mass is 553 g/mol. The largest absolute Gasteiger partial charge is 0.508 e. The van der Waals surface area contributed by atoms with E-state index in [0.717, 1.165) is 11.6 Å². The summed E-state index contributed by atoms with van der Waals surface area (Å²) in [6, 6.07) is 10.4. The van der Waals surface area contributed by atoms with Crippen LogP contribution in [0.5, 0.6) is 11.5 Å². The molecule has 0 aliphatic rings. The van der Waals surface area contributed by atoms with E-state index in [1.807, 2.05) is 38.1 Å². The summed E-state index contributed by atoms with van der Waals surface area (Å²) in [4.78, 5) is 12.7. The van der Waals surface area contributed by atoms with E-state index < -0.39 is 34.0 Å². The first-order valence-electron chi connectivity index (χ1n) is 12.8. The van der Waals surface area contributed by atoms with Crippen LogP contribution in [0.3, 0.4) is 0 Å². The van der Waals surface area contributed by atoms with Crippen LogP contribution in [0.1, 0.15) is 44.2 Å². The summed E-state index contributed by atoms with van der Waals surface area (Å²) in [5, 5.41) is 12.9. The summed E-state index contributed by atoms with van der Waals surface area (Å²) in [7, 11) is -2.03. The molecule has 0 bridgehead atoms. The summed E-state index contributed by atoms with van der Waals surface area (Å²) in [5.74, 6) is -1.18. The van der Waals surface area contributed by atoms with Crippen LogP contribution in [-0.2, 0) is 32.5 Å². The molecule has 0 fully saturated rings. The van der Waals surface area contributed by atoms with E-state index in [0.29, 0.717) is 43.8 Å². The van der Waals surface area contributed by atoms with Gasteiger partial charge in [0.15, 0.2) is 0 Å². The van der Waals surface area contributed by atoms with Gasteiger partial charge < -0.3 is 25.6 Å². The number of nitrogens with one attached hydrogen (secondary N) is 1. The van der Waals surface area contributed by atoms with Crippen molar-refractivity contribution in [1.82, 2.24) is 9.62 Å². The molecule has 0 spiro atoms. The second kappa shape index (κ2) is 15.6. The Kier molecular flexibility index (Phi) is 12.9. The van der Waals surface area contributed by atoms with Crippen LogP contribution < -0.4 is 15.8 Å². The van der Waals surface area contributed by atoms with Crippen LogP contribution in [0, 0.1) is 5.82 Å². The number of carbonyl (C=O) groups excluding carboxylic acids is 1. The van der Waals surface area contributed by atoms with E-state index in [1.165, 1.54) is 16.4 Å². The van der Waals surface area contributed by atoms with E-state index in [-0.39, 0.29) is 30.9 Å². The number of ether oxygens (including phenoxy) is 2. The lowest BCUT2D eigenvalue weighted by Crippen LogP contribution is -2.46. The van der Waals surface area contributed by atoms with Crippen LogP contribution in [-0.4, -0.2) is 68.4 Å². The highest BCUT2D eigenvalue weighted by atomic mass is 32.2. The van der Waals surface area contributed by atoms with Gasteiger partial charge in [-0.05, 0) is 54.7 Å². The standard InChI is InChI=1S/C27H40FN3O6S/c1-4-10-31(11-5-2)38(34,35)12-9-27(33)37-26(19-30-18-20-7-6-8-24(15-20)36-3)25(29)16-21-13-22(28)17-23(32)14-21/h6-8,13-15,17,25-26,30,32H,4-5,9-12,16,18-19,29H2,1-3H3/t25-,26+/m0/s1. The molecular weight excluding hydrogens is 513 g/mol. The number of aromatic hydroxyl groups is 1. The molecule has 0 radical (unpaired) electrons. The lowest BCUT2D eigenvalue weighted by Gasteiger charge is -2.25. The molecule has 11 heteroatoms. The first-order chi connectivity index (χ1) is 18.1. The summed E-state index contributed by atoms with van der Waals surface area (Å²) in [5.41, 5.74) is 7.75. The Morgan fingerprint density at radius 3 is 2.47 bits per heavy atom. The average Bonchev–Trinajstić information content (AvgIpc) is 2.86. The molecule has 212 valence electrons. The third-order valence-electron chi connectivity index (χ3n) is 5.89. The van der Waals surface area contributed by atoms with Crippen LogP contribution in [0.25, 0.3) is 0 Å². The van der Waals surface area contributed by atoms with Gasteiger partial charge in [-0.2, -0.15) is 0 Å². The minimum Gasteiger partial charge on any atom is -0.508 e. The third-order valence-corrected chi connectivity index (χ3v) is 7.76. The smallest absolute Gasteiger partial charge is 0.307 e. The Morgan fingerprint density at radius 2 is 1.84 bits per heavy atom. The number of benzene rings is 2. The molecule has 0 aliphatic carbocycles. The SMILES string of the molecule is CCCN(CCC)S(=O)(=O)CCC(=O)O[C@H](CNCc1cccc(OC)c1)[C@@H](N)Cc1cc(O)cc(F)c1. The van der Waals surface area contributed by atoms with Crippen LogP contribution >= 0.6 is 0 Å². The molecular formula is C27H40FN3O6S. The minimum absolute atomic E-state index is 0.128. The van der Waals surface area contributed by atoms with Gasteiger partial charge in [0.25, 0.3) is 0 Å². The average molecular weight is 554 g/mol.